The van der Waals surface area contributed by atoms with Gasteiger partial charge in [-0.3, -0.25) is 0 Å². The Hall–Kier alpha value is -0.170. The van der Waals surface area contributed by atoms with E-state index >= 15 is 0 Å². The van der Waals surface area contributed by atoms with E-state index in [1.54, 1.807) is 8.61 Å². The molecule has 0 bridgehead atoms. The summed E-state index contributed by atoms with van der Waals surface area (Å²) < 4.78 is 28.1. The molecular formula is C11H23N3O2S. The zero-order chi connectivity index (χ0) is 12.5. The average molecular weight is 261 g/mol. The lowest BCUT2D eigenvalue weighted by Crippen LogP contribution is -2.46. The van der Waals surface area contributed by atoms with Crippen molar-refractivity contribution in [2.24, 2.45) is 11.1 Å². The Morgan fingerprint density at radius 1 is 1.12 bits per heavy atom. The monoisotopic (exact) mass is 261 g/mol. The van der Waals surface area contributed by atoms with Gasteiger partial charge in [-0.1, -0.05) is 13.3 Å². The first-order valence-electron chi connectivity index (χ1n) is 6.43. The highest BCUT2D eigenvalue weighted by Gasteiger charge is 2.40. The molecule has 0 aromatic heterocycles. The minimum Gasteiger partial charge on any atom is -0.330 e. The van der Waals surface area contributed by atoms with Gasteiger partial charge in [0.2, 0.25) is 0 Å². The van der Waals surface area contributed by atoms with Gasteiger partial charge in [0.15, 0.2) is 0 Å². The fraction of sp³-hybridized carbons (Fsp3) is 1.00. The van der Waals surface area contributed by atoms with Gasteiger partial charge in [0, 0.05) is 26.2 Å². The number of nitrogens with two attached hydrogens (primary N) is 1. The first-order chi connectivity index (χ1) is 7.98. The van der Waals surface area contributed by atoms with Crippen LogP contribution < -0.4 is 5.73 Å². The summed E-state index contributed by atoms with van der Waals surface area (Å²) in [7, 11) is -3.23. The molecule has 100 valence electrons. The lowest BCUT2D eigenvalue weighted by molar-refractivity contribution is 0.300. The molecular weight excluding hydrogens is 238 g/mol. The van der Waals surface area contributed by atoms with E-state index in [0.717, 1.165) is 25.7 Å². The zero-order valence-electron chi connectivity index (χ0n) is 10.6. The summed E-state index contributed by atoms with van der Waals surface area (Å²) in [4.78, 5) is 0. The Morgan fingerprint density at radius 2 is 1.76 bits per heavy atom. The van der Waals surface area contributed by atoms with E-state index < -0.39 is 10.2 Å². The highest BCUT2D eigenvalue weighted by Crippen LogP contribution is 2.31. The van der Waals surface area contributed by atoms with Crippen LogP contribution in [-0.2, 0) is 10.2 Å². The quantitative estimate of drug-likeness (QED) is 0.799. The van der Waals surface area contributed by atoms with Crippen molar-refractivity contribution in [3.05, 3.63) is 0 Å². The molecule has 0 spiro atoms. The largest absolute Gasteiger partial charge is 0.330 e. The normalized spacial score (nSPS) is 33.1. The molecule has 2 aliphatic rings. The molecule has 5 nitrogen and oxygen atoms in total. The Bertz CT molecular complexity index is 365. The highest BCUT2D eigenvalue weighted by atomic mass is 32.2. The van der Waals surface area contributed by atoms with Gasteiger partial charge in [0.25, 0.3) is 10.2 Å². The standard InChI is InChI=1S/C11H23N3O2S/c1-11(9-12)5-8-14(10-11)17(15,16)13-6-3-2-4-7-13/h2-10,12H2,1H3. The second-order valence-electron chi connectivity index (χ2n) is 5.57. The van der Waals surface area contributed by atoms with Crippen LogP contribution >= 0.6 is 0 Å². The smallest absolute Gasteiger partial charge is 0.281 e. The summed E-state index contributed by atoms with van der Waals surface area (Å²) in [5, 5.41) is 0. The van der Waals surface area contributed by atoms with Crippen LogP contribution in [0.5, 0.6) is 0 Å². The second-order valence-corrected chi connectivity index (χ2v) is 7.49. The first kappa shape index (κ1) is 13.3. The molecule has 2 heterocycles. The molecule has 1 unspecified atom stereocenters. The molecule has 0 aromatic carbocycles. The maximum atomic E-state index is 12.4. The predicted octanol–water partition coefficient (Wildman–Crippen LogP) is 0.388. The second kappa shape index (κ2) is 4.84. The third-order valence-electron chi connectivity index (χ3n) is 3.98. The van der Waals surface area contributed by atoms with Crippen LogP contribution in [0.2, 0.25) is 0 Å². The van der Waals surface area contributed by atoms with E-state index in [-0.39, 0.29) is 5.41 Å². The Morgan fingerprint density at radius 3 is 2.29 bits per heavy atom. The topological polar surface area (TPSA) is 66.6 Å². The van der Waals surface area contributed by atoms with E-state index in [4.69, 9.17) is 5.73 Å². The molecule has 2 rings (SSSR count). The number of hydrogen-bond donors (Lipinski definition) is 1. The van der Waals surface area contributed by atoms with Gasteiger partial charge in [-0.25, -0.2) is 0 Å². The highest BCUT2D eigenvalue weighted by molar-refractivity contribution is 7.86. The van der Waals surface area contributed by atoms with Gasteiger partial charge in [-0.2, -0.15) is 17.0 Å². The minimum atomic E-state index is -3.23. The third-order valence-corrected chi connectivity index (χ3v) is 5.97. The summed E-state index contributed by atoms with van der Waals surface area (Å²) in [6.45, 7) is 5.17. The Balaban J connectivity index is 2.06. The predicted molar refractivity (Wildman–Crippen MR) is 67.7 cm³/mol. The Kier molecular flexibility index (Phi) is 3.77. The molecule has 2 aliphatic heterocycles. The average Bonchev–Trinajstić information content (AvgIpc) is 2.75. The molecule has 2 N–H and O–H groups in total. The van der Waals surface area contributed by atoms with Crippen molar-refractivity contribution < 1.29 is 8.42 Å². The van der Waals surface area contributed by atoms with Crippen LogP contribution in [0.25, 0.3) is 0 Å². The van der Waals surface area contributed by atoms with E-state index in [9.17, 15) is 8.42 Å². The fourth-order valence-corrected chi connectivity index (χ4v) is 4.44. The summed E-state index contributed by atoms with van der Waals surface area (Å²) in [6, 6.07) is 0. The van der Waals surface area contributed by atoms with E-state index in [1.807, 2.05) is 0 Å². The molecule has 0 aliphatic carbocycles. The van der Waals surface area contributed by atoms with Crippen LogP contribution in [0.1, 0.15) is 32.6 Å². The third kappa shape index (κ3) is 2.65. The van der Waals surface area contributed by atoms with E-state index in [1.165, 1.54) is 0 Å². The van der Waals surface area contributed by atoms with Gasteiger partial charge in [0.1, 0.15) is 0 Å². The number of hydrogen-bond acceptors (Lipinski definition) is 3. The first-order valence-corrected chi connectivity index (χ1v) is 7.83. The van der Waals surface area contributed by atoms with Crippen molar-refractivity contribution in [3.63, 3.8) is 0 Å². The maximum absolute atomic E-state index is 12.4. The van der Waals surface area contributed by atoms with Crippen molar-refractivity contribution in [2.45, 2.75) is 32.6 Å². The maximum Gasteiger partial charge on any atom is 0.281 e. The van der Waals surface area contributed by atoms with Gasteiger partial charge in [-0.15, -0.1) is 0 Å². The van der Waals surface area contributed by atoms with Crippen molar-refractivity contribution in [1.82, 2.24) is 8.61 Å². The lowest BCUT2D eigenvalue weighted by atomic mass is 9.90. The lowest BCUT2D eigenvalue weighted by Gasteiger charge is -2.31. The van der Waals surface area contributed by atoms with Crippen molar-refractivity contribution in [2.75, 3.05) is 32.7 Å². The van der Waals surface area contributed by atoms with Gasteiger partial charge in [0.05, 0.1) is 0 Å². The summed E-state index contributed by atoms with van der Waals surface area (Å²) in [5.74, 6) is 0. The molecule has 1 atom stereocenters. The Labute approximate surface area is 104 Å². The van der Waals surface area contributed by atoms with Crippen molar-refractivity contribution in [3.8, 4) is 0 Å². The summed E-state index contributed by atoms with van der Waals surface area (Å²) in [5.41, 5.74) is 5.68. The molecule has 0 radical (unpaired) electrons. The molecule has 0 amide bonds. The molecule has 0 saturated carbocycles. The molecule has 2 saturated heterocycles. The van der Waals surface area contributed by atoms with Crippen molar-refractivity contribution in [1.29, 1.82) is 0 Å². The van der Waals surface area contributed by atoms with E-state index in [0.29, 0.717) is 32.7 Å². The zero-order valence-corrected chi connectivity index (χ0v) is 11.4. The fourth-order valence-electron chi connectivity index (χ4n) is 2.60. The summed E-state index contributed by atoms with van der Waals surface area (Å²) >= 11 is 0. The number of nitrogens with zero attached hydrogens (tertiary/aromatic N) is 2. The van der Waals surface area contributed by atoms with Gasteiger partial charge >= 0.3 is 0 Å². The molecule has 2 fully saturated rings. The van der Waals surface area contributed by atoms with E-state index in [2.05, 4.69) is 6.92 Å². The molecule has 6 heteroatoms. The SMILES string of the molecule is CC1(CN)CCN(S(=O)(=O)N2CCCCC2)C1. The van der Waals surface area contributed by atoms with Crippen LogP contribution in [-0.4, -0.2) is 49.8 Å². The van der Waals surface area contributed by atoms with Crippen LogP contribution in [0, 0.1) is 5.41 Å². The number of piperidine rings is 1. The minimum absolute atomic E-state index is 0.0388. The van der Waals surface area contributed by atoms with Gasteiger partial charge < -0.3 is 5.73 Å². The van der Waals surface area contributed by atoms with Crippen molar-refractivity contribution >= 4 is 10.2 Å². The van der Waals surface area contributed by atoms with Crippen LogP contribution in [0.4, 0.5) is 0 Å². The molecule has 0 aromatic rings. The van der Waals surface area contributed by atoms with Gasteiger partial charge in [-0.05, 0) is 31.2 Å². The number of rotatable bonds is 3. The summed E-state index contributed by atoms with van der Waals surface area (Å²) in [6.07, 6.45) is 3.99. The van der Waals surface area contributed by atoms with Crippen LogP contribution in [0.15, 0.2) is 0 Å². The molecule has 17 heavy (non-hydrogen) atoms. The van der Waals surface area contributed by atoms with Crippen LogP contribution in [0.3, 0.4) is 0 Å².